The molecule has 3 heterocycles. The van der Waals surface area contributed by atoms with Crippen molar-refractivity contribution in [3.63, 3.8) is 0 Å². The zero-order chi connectivity index (χ0) is 25.2. The van der Waals surface area contributed by atoms with Gasteiger partial charge >= 0.3 is 10.2 Å². The lowest BCUT2D eigenvalue weighted by Gasteiger charge is -2.28. The van der Waals surface area contributed by atoms with Crippen LogP contribution in [0.1, 0.15) is 18.3 Å². The van der Waals surface area contributed by atoms with Crippen molar-refractivity contribution in [2.75, 3.05) is 57.1 Å². The molecule has 2 aromatic heterocycles. The third-order valence-corrected chi connectivity index (χ3v) is 8.11. The monoisotopic (exact) mass is 521 g/mol. The van der Waals surface area contributed by atoms with E-state index in [-0.39, 0.29) is 0 Å². The van der Waals surface area contributed by atoms with Crippen LogP contribution in [0.4, 0.5) is 11.5 Å². The molecule has 1 aliphatic heterocycles. The first-order valence-corrected chi connectivity index (χ1v) is 13.7. The summed E-state index contributed by atoms with van der Waals surface area (Å²) >= 11 is 1.49. The van der Waals surface area contributed by atoms with E-state index in [1.54, 1.807) is 12.1 Å². The van der Waals surface area contributed by atoms with Gasteiger partial charge in [0.2, 0.25) is 0 Å². The molecule has 1 fully saturated rings. The van der Waals surface area contributed by atoms with Gasteiger partial charge in [0, 0.05) is 46.4 Å². The van der Waals surface area contributed by atoms with Crippen molar-refractivity contribution >= 4 is 44.6 Å². The van der Waals surface area contributed by atoms with Crippen LogP contribution in [0.15, 0.2) is 23.4 Å². The van der Waals surface area contributed by atoms with Crippen molar-refractivity contribution in [3.8, 4) is 5.75 Å². The quantitative estimate of drug-likeness (QED) is 0.334. The Bertz CT molecular complexity index is 1300. The fourth-order valence-electron chi connectivity index (χ4n) is 3.75. The molecular formula is C22H31N7O4S2. The molecule has 1 N–H and O–H groups in total. The minimum absolute atomic E-state index is 0.379. The highest BCUT2D eigenvalue weighted by atomic mass is 32.2. The first-order chi connectivity index (χ1) is 16.7. The summed E-state index contributed by atoms with van der Waals surface area (Å²) in [4.78, 5) is 16.7. The number of thioether (sulfide) groups is 1. The Morgan fingerprint density at radius 2 is 1.94 bits per heavy atom. The summed E-state index contributed by atoms with van der Waals surface area (Å²) in [7, 11) is 2.75. The summed E-state index contributed by atoms with van der Waals surface area (Å²) in [6.45, 7) is 4.88. The fraction of sp³-hybridized carbons (Fsp3) is 0.500. The number of benzene rings is 1. The molecule has 1 saturated heterocycles. The zero-order valence-electron chi connectivity index (χ0n) is 20.6. The van der Waals surface area contributed by atoms with E-state index in [1.165, 1.54) is 33.0 Å². The maximum absolute atomic E-state index is 12.3. The summed E-state index contributed by atoms with van der Waals surface area (Å²) in [5.41, 5.74) is 2.89. The molecule has 35 heavy (non-hydrogen) atoms. The maximum atomic E-state index is 12.3. The molecule has 11 nitrogen and oxygen atoms in total. The largest absolute Gasteiger partial charge is 0.495 e. The van der Waals surface area contributed by atoms with Crippen LogP contribution < -0.4 is 14.4 Å². The molecule has 13 heteroatoms. The van der Waals surface area contributed by atoms with Crippen LogP contribution in [0.2, 0.25) is 0 Å². The van der Waals surface area contributed by atoms with E-state index in [4.69, 9.17) is 24.4 Å². The molecule has 0 amide bonds. The first-order valence-electron chi connectivity index (χ1n) is 11.3. The summed E-state index contributed by atoms with van der Waals surface area (Å²) < 4.78 is 41.3. The highest BCUT2D eigenvalue weighted by molar-refractivity contribution is 7.98. The highest BCUT2D eigenvalue weighted by Gasteiger charge is 2.22. The molecule has 0 radical (unpaired) electrons. The molecule has 1 aromatic carbocycles. The molecule has 0 aliphatic carbocycles. The molecule has 190 valence electrons. The molecule has 0 bridgehead atoms. The smallest absolute Gasteiger partial charge is 0.301 e. The Morgan fingerprint density at radius 1 is 1.20 bits per heavy atom. The number of methoxy groups -OCH3 is 1. The molecule has 0 unspecified atom stereocenters. The second-order valence-electron chi connectivity index (χ2n) is 8.25. The van der Waals surface area contributed by atoms with Gasteiger partial charge in [-0.15, -0.1) is 0 Å². The van der Waals surface area contributed by atoms with Gasteiger partial charge in [0.15, 0.2) is 22.1 Å². The van der Waals surface area contributed by atoms with Crippen LogP contribution in [0, 0.1) is 0 Å². The fourth-order valence-corrected chi connectivity index (χ4v) is 5.15. The van der Waals surface area contributed by atoms with Crippen LogP contribution >= 0.6 is 11.8 Å². The molecule has 1 aliphatic rings. The molecular weight excluding hydrogens is 490 g/mol. The van der Waals surface area contributed by atoms with Crippen molar-refractivity contribution in [2.45, 2.75) is 24.3 Å². The Labute approximate surface area is 210 Å². The average molecular weight is 522 g/mol. The summed E-state index contributed by atoms with van der Waals surface area (Å²) in [6, 6.07) is 5.43. The van der Waals surface area contributed by atoms with Gasteiger partial charge in [-0.25, -0.2) is 15.0 Å². The maximum Gasteiger partial charge on any atom is 0.301 e. The van der Waals surface area contributed by atoms with E-state index in [9.17, 15) is 8.42 Å². The van der Waals surface area contributed by atoms with Gasteiger partial charge in [0.1, 0.15) is 11.6 Å². The van der Waals surface area contributed by atoms with Gasteiger partial charge in [-0.3, -0.25) is 4.72 Å². The lowest BCUT2D eigenvalue weighted by molar-refractivity contribution is 0.122. The average Bonchev–Trinajstić information content (AvgIpc) is 3.18. The summed E-state index contributed by atoms with van der Waals surface area (Å²) in [5, 5.41) is 0.635. The Kier molecular flexibility index (Phi) is 7.69. The number of hydrogen-bond acceptors (Lipinski definition) is 9. The number of morpholine rings is 1. The minimum atomic E-state index is -3.67. The predicted octanol–water partition coefficient (Wildman–Crippen LogP) is 2.28. The number of anilines is 2. The number of ether oxygens (including phenoxy) is 2. The van der Waals surface area contributed by atoms with Crippen molar-refractivity contribution < 1.29 is 17.9 Å². The Morgan fingerprint density at radius 3 is 2.60 bits per heavy atom. The SMILES string of the molecule is CCc1nc2c(N3CCOCC3)nc(SCc3ccc(OC)c(NS(=O)(=O)N(C)C)c3)nc2n1C. The molecule has 3 aromatic rings. The van der Waals surface area contributed by atoms with Crippen molar-refractivity contribution in [3.05, 3.63) is 29.6 Å². The molecule has 0 atom stereocenters. The number of imidazole rings is 1. The van der Waals surface area contributed by atoms with Gasteiger partial charge in [0.25, 0.3) is 0 Å². The van der Waals surface area contributed by atoms with Crippen molar-refractivity contribution in [2.24, 2.45) is 7.05 Å². The number of hydrogen-bond donors (Lipinski definition) is 1. The van der Waals surface area contributed by atoms with Crippen LogP contribution in [0.25, 0.3) is 11.2 Å². The van der Waals surface area contributed by atoms with Gasteiger partial charge in [0.05, 0.1) is 26.0 Å². The van der Waals surface area contributed by atoms with E-state index in [2.05, 4.69) is 16.5 Å². The van der Waals surface area contributed by atoms with Gasteiger partial charge in [-0.2, -0.15) is 12.7 Å². The third-order valence-electron chi connectivity index (χ3n) is 5.75. The zero-order valence-corrected chi connectivity index (χ0v) is 22.2. The summed E-state index contributed by atoms with van der Waals surface area (Å²) in [5.74, 6) is 2.77. The first kappa shape index (κ1) is 25.5. The molecule has 0 spiro atoms. The highest BCUT2D eigenvalue weighted by Crippen LogP contribution is 2.32. The van der Waals surface area contributed by atoms with E-state index in [1.807, 2.05) is 17.7 Å². The van der Waals surface area contributed by atoms with E-state index in [0.29, 0.717) is 35.6 Å². The number of aromatic nitrogens is 4. The standard InChI is InChI=1S/C22H31N7O4S2/c1-6-18-23-19-20(28(18)4)24-22(25-21(19)29-9-11-33-12-10-29)34-14-15-7-8-17(32-5)16(13-15)26-35(30,31)27(2)3/h7-8,13,26H,6,9-12,14H2,1-5H3. The van der Waals surface area contributed by atoms with Gasteiger partial charge in [-0.1, -0.05) is 24.8 Å². The van der Waals surface area contributed by atoms with Crippen LogP contribution in [0.3, 0.4) is 0 Å². The number of rotatable bonds is 9. The van der Waals surface area contributed by atoms with Crippen LogP contribution in [0.5, 0.6) is 5.75 Å². The van der Waals surface area contributed by atoms with E-state index >= 15 is 0 Å². The van der Waals surface area contributed by atoms with Gasteiger partial charge in [-0.05, 0) is 17.7 Å². The van der Waals surface area contributed by atoms with Gasteiger partial charge < -0.3 is 18.9 Å². The van der Waals surface area contributed by atoms with E-state index in [0.717, 1.165) is 52.2 Å². The molecule has 4 rings (SSSR count). The predicted molar refractivity (Wildman–Crippen MR) is 137 cm³/mol. The third kappa shape index (κ3) is 5.47. The minimum Gasteiger partial charge on any atom is -0.495 e. The van der Waals surface area contributed by atoms with Crippen LogP contribution in [-0.4, -0.2) is 79.8 Å². The second kappa shape index (κ2) is 10.6. The lowest BCUT2D eigenvalue weighted by atomic mass is 10.2. The van der Waals surface area contributed by atoms with Crippen LogP contribution in [-0.2, 0) is 34.2 Å². The lowest BCUT2D eigenvalue weighted by Crippen LogP contribution is -2.37. The normalized spacial score (nSPS) is 14.6. The Balaban J connectivity index is 1.63. The second-order valence-corrected chi connectivity index (χ2v) is 11.1. The molecule has 0 saturated carbocycles. The van der Waals surface area contributed by atoms with Crippen molar-refractivity contribution in [1.82, 2.24) is 23.8 Å². The summed E-state index contributed by atoms with van der Waals surface area (Å²) in [6.07, 6.45) is 0.801. The Hall–Kier alpha value is -2.61. The number of nitrogens with zero attached hydrogens (tertiary/aromatic N) is 6. The van der Waals surface area contributed by atoms with E-state index < -0.39 is 10.2 Å². The number of nitrogens with one attached hydrogen (secondary N) is 1. The number of aryl methyl sites for hydroxylation is 2. The van der Waals surface area contributed by atoms with Crippen molar-refractivity contribution in [1.29, 1.82) is 0 Å². The number of fused-ring (bicyclic) bond motifs is 1. The topological polar surface area (TPSA) is 115 Å².